The third-order valence-electron chi connectivity index (χ3n) is 3.53. The van der Waals surface area contributed by atoms with Crippen LogP contribution in [0.2, 0.25) is 0 Å². The molecule has 1 aromatic carbocycles. The Morgan fingerprint density at radius 3 is 2.75 bits per heavy atom. The number of aromatic nitrogens is 1. The molecular formula is C16H17BrN2O. The van der Waals surface area contributed by atoms with Crippen LogP contribution >= 0.6 is 15.9 Å². The first-order valence-electron chi connectivity index (χ1n) is 6.86. The summed E-state index contributed by atoms with van der Waals surface area (Å²) in [5.74, 6) is 0.923. The van der Waals surface area contributed by atoms with Gasteiger partial charge < -0.3 is 10.1 Å². The van der Waals surface area contributed by atoms with E-state index in [0.29, 0.717) is 6.04 Å². The molecular weight excluding hydrogens is 316 g/mol. The van der Waals surface area contributed by atoms with Crippen molar-refractivity contribution in [3.63, 3.8) is 0 Å². The standard InChI is InChI=1S/C16H17BrN2O/c17-13-6-7-16(18-11-13)19-14-8-9-20-15(10-14)12-4-2-1-3-5-12/h1-7,11,14-15H,8-10H2,(H,18,19). The minimum atomic E-state index is 0.179. The number of pyridine rings is 1. The Morgan fingerprint density at radius 2 is 2.00 bits per heavy atom. The molecule has 2 atom stereocenters. The molecule has 1 aliphatic heterocycles. The maximum atomic E-state index is 5.88. The summed E-state index contributed by atoms with van der Waals surface area (Å²) >= 11 is 3.40. The van der Waals surface area contributed by atoms with E-state index >= 15 is 0 Å². The van der Waals surface area contributed by atoms with Gasteiger partial charge in [-0.3, -0.25) is 0 Å². The van der Waals surface area contributed by atoms with Gasteiger partial charge in [-0.2, -0.15) is 0 Å². The zero-order valence-electron chi connectivity index (χ0n) is 11.1. The van der Waals surface area contributed by atoms with E-state index in [1.165, 1.54) is 5.56 Å². The number of halogens is 1. The fourth-order valence-electron chi connectivity index (χ4n) is 2.50. The van der Waals surface area contributed by atoms with E-state index in [0.717, 1.165) is 29.7 Å². The minimum Gasteiger partial charge on any atom is -0.373 e. The van der Waals surface area contributed by atoms with Gasteiger partial charge in [-0.1, -0.05) is 30.3 Å². The van der Waals surface area contributed by atoms with Crippen molar-refractivity contribution in [2.24, 2.45) is 0 Å². The van der Waals surface area contributed by atoms with Crippen molar-refractivity contribution in [2.75, 3.05) is 11.9 Å². The van der Waals surface area contributed by atoms with Gasteiger partial charge in [-0.15, -0.1) is 0 Å². The van der Waals surface area contributed by atoms with Gasteiger partial charge in [-0.05, 0) is 46.5 Å². The molecule has 1 N–H and O–H groups in total. The highest BCUT2D eigenvalue weighted by Crippen LogP contribution is 2.29. The number of nitrogens with one attached hydrogen (secondary N) is 1. The molecule has 1 aliphatic rings. The van der Waals surface area contributed by atoms with E-state index in [-0.39, 0.29) is 6.10 Å². The zero-order valence-corrected chi connectivity index (χ0v) is 12.7. The topological polar surface area (TPSA) is 34.1 Å². The van der Waals surface area contributed by atoms with E-state index in [1.807, 2.05) is 24.4 Å². The minimum absolute atomic E-state index is 0.179. The molecule has 0 saturated carbocycles. The van der Waals surface area contributed by atoms with Crippen LogP contribution in [0.15, 0.2) is 53.1 Å². The fourth-order valence-corrected chi connectivity index (χ4v) is 2.73. The van der Waals surface area contributed by atoms with E-state index in [9.17, 15) is 0 Å². The van der Waals surface area contributed by atoms with Gasteiger partial charge >= 0.3 is 0 Å². The predicted molar refractivity (Wildman–Crippen MR) is 83.7 cm³/mol. The van der Waals surface area contributed by atoms with Crippen LogP contribution in [0.3, 0.4) is 0 Å². The molecule has 1 saturated heterocycles. The molecule has 0 amide bonds. The summed E-state index contributed by atoms with van der Waals surface area (Å²) in [6, 6.07) is 14.8. The molecule has 2 aromatic rings. The second-order valence-electron chi connectivity index (χ2n) is 5.00. The van der Waals surface area contributed by atoms with Crippen LogP contribution in [0.5, 0.6) is 0 Å². The van der Waals surface area contributed by atoms with E-state index in [1.54, 1.807) is 0 Å². The lowest BCUT2D eigenvalue weighted by molar-refractivity contribution is 0.00974. The molecule has 2 unspecified atom stereocenters. The first kappa shape index (κ1) is 13.6. The van der Waals surface area contributed by atoms with Crippen molar-refractivity contribution in [2.45, 2.75) is 25.0 Å². The lowest BCUT2D eigenvalue weighted by Crippen LogP contribution is -2.30. The van der Waals surface area contributed by atoms with Crippen LogP contribution in [0.25, 0.3) is 0 Å². The fraction of sp³-hybridized carbons (Fsp3) is 0.312. The van der Waals surface area contributed by atoms with Crippen molar-refractivity contribution in [1.82, 2.24) is 4.98 Å². The molecule has 1 fully saturated rings. The highest BCUT2D eigenvalue weighted by molar-refractivity contribution is 9.10. The summed E-state index contributed by atoms with van der Waals surface area (Å²) in [5.41, 5.74) is 1.25. The van der Waals surface area contributed by atoms with Gasteiger partial charge in [0.2, 0.25) is 0 Å². The molecule has 0 spiro atoms. The third-order valence-corrected chi connectivity index (χ3v) is 4.00. The highest BCUT2D eigenvalue weighted by atomic mass is 79.9. The van der Waals surface area contributed by atoms with Crippen molar-refractivity contribution in [3.8, 4) is 0 Å². The van der Waals surface area contributed by atoms with Crippen LogP contribution in [-0.4, -0.2) is 17.6 Å². The summed E-state index contributed by atoms with van der Waals surface area (Å²) in [7, 11) is 0. The Bertz CT molecular complexity index is 544. The molecule has 2 heterocycles. The molecule has 0 radical (unpaired) electrons. The Labute approximate surface area is 127 Å². The molecule has 0 aliphatic carbocycles. The Morgan fingerprint density at radius 1 is 1.15 bits per heavy atom. The Balaban J connectivity index is 1.65. The summed E-state index contributed by atoms with van der Waals surface area (Å²) in [4.78, 5) is 4.37. The van der Waals surface area contributed by atoms with Crippen LogP contribution in [-0.2, 0) is 4.74 Å². The van der Waals surface area contributed by atoms with Gasteiger partial charge in [0.15, 0.2) is 0 Å². The summed E-state index contributed by atoms with van der Waals surface area (Å²) in [6.07, 6.45) is 3.98. The smallest absolute Gasteiger partial charge is 0.126 e. The number of nitrogens with zero attached hydrogens (tertiary/aromatic N) is 1. The van der Waals surface area contributed by atoms with E-state index in [4.69, 9.17) is 4.74 Å². The monoisotopic (exact) mass is 332 g/mol. The quantitative estimate of drug-likeness (QED) is 0.915. The van der Waals surface area contributed by atoms with Crippen LogP contribution < -0.4 is 5.32 Å². The van der Waals surface area contributed by atoms with Gasteiger partial charge in [-0.25, -0.2) is 4.98 Å². The largest absolute Gasteiger partial charge is 0.373 e. The first-order chi connectivity index (χ1) is 9.81. The number of rotatable bonds is 3. The van der Waals surface area contributed by atoms with E-state index < -0.39 is 0 Å². The number of hydrogen-bond donors (Lipinski definition) is 1. The molecule has 3 nitrogen and oxygen atoms in total. The summed E-state index contributed by atoms with van der Waals surface area (Å²) < 4.78 is 6.88. The van der Waals surface area contributed by atoms with Crippen molar-refractivity contribution in [3.05, 3.63) is 58.7 Å². The van der Waals surface area contributed by atoms with Crippen molar-refractivity contribution < 1.29 is 4.74 Å². The number of hydrogen-bond acceptors (Lipinski definition) is 3. The van der Waals surface area contributed by atoms with E-state index in [2.05, 4.69) is 50.5 Å². The normalized spacial score (nSPS) is 22.4. The average molecular weight is 333 g/mol. The van der Waals surface area contributed by atoms with Crippen molar-refractivity contribution >= 4 is 21.7 Å². The Hall–Kier alpha value is -1.39. The lowest BCUT2D eigenvalue weighted by atomic mass is 9.97. The second-order valence-corrected chi connectivity index (χ2v) is 5.91. The molecule has 20 heavy (non-hydrogen) atoms. The van der Waals surface area contributed by atoms with Gasteiger partial charge in [0.1, 0.15) is 5.82 Å². The Kier molecular flexibility index (Phi) is 4.33. The first-order valence-corrected chi connectivity index (χ1v) is 7.65. The number of ether oxygens (including phenoxy) is 1. The zero-order chi connectivity index (χ0) is 13.8. The molecule has 1 aromatic heterocycles. The predicted octanol–water partition coefficient (Wildman–Crippen LogP) is 4.18. The lowest BCUT2D eigenvalue weighted by Gasteiger charge is -2.30. The average Bonchev–Trinajstić information content (AvgIpc) is 2.51. The van der Waals surface area contributed by atoms with Gasteiger partial charge in [0.25, 0.3) is 0 Å². The van der Waals surface area contributed by atoms with Crippen LogP contribution in [0.1, 0.15) is 24.5 Å². The molecule has 0 bridgehead atoms. The number of anilines is 1. The van der Waals surface area contributed by atoms with Crippen molar-refractivity contribution in [1.29, 1.82) is 0 Å². The van der Waals surface area contributed by atoms with Gasteiger partial charge in [0.05, 0.1) is 6.10 Å². The summed E-state index contributed by atoms with van der Waals surface area (Å²) in [5, 5.41) is 3.50. The van der Waals surface area contributed by atoms with Crippen LogP contribution in [0.4, 0.5) is 5.82 Å². The molecule has 4 heteroatoms. The second kappa shape index (κ2) is 6.37. The maximum Gasteiger partial charge on any atom is 0.126 e. The SMILES string of the molecule is Brc1ccc(NC2CCOC(c3ccccc3)C2)nc1. The molecule has 104 valence electrons. The number of benzene rings is 1. The molecule has 3 rings (SSSR count). The van der Waals surface area contributed by atoms with Crippen LogP contribution in [0, 0.1) is 0 Å². The summed E-state index contributed by atoms with van der Waals surface area (Å²) in [6.45, 7) is 0.785. The third kappa shape index (κ3) is 3.38. The van der Waals surface area contributed by atoms with Gasteiger partial charge in [0, 0.05) is 23.3 Å². The highest BCUT2D eigenvalue weighted by Gasteiger charge is 2.23. The maximum absolute atomic E-state index is 5.88.